The Balaban J connectivity index is 1.76. The van der Waals surface area contributed by atoms with Crippen molar-refractivity contribution in [3.63, 3.8) is 0 Å². The van der Waals surface area contributed by atoms with Gasteiger partial charge in [-0.1, -0.05) is 23.7 Å². The summed E-state index contributed by atoms with van der Waals surface area (Å²) in [6, 6.07) is 7.97. The van der Waals surface area contributed by atoms with Crippen molar-refractivity contribution in [3.8, 4) is 0 Å². The fourth-order valence-corrected chi connectivity index (χ4v) is 3.27. The fourth-order valence-electron chi connectivity index (χ4n) is 3.15. The van der Waals surface area contributed by atoms with Gasteiger partial charge < -0.3 is 4.90 Å². The first kappa shape index (κ1) is 15.1. The number of rotatable bonds is 2. The van der Waals surface area contributed by atoms with Crippen molar-refractivity contribution in [2.45, 2.75) is 25.7 Å². The lowest BCUT2D eigenvalue weighted by atomic mass is 9.90. The minimum Gasteiger partial charge on any atom is -0.338 e. The van der Waals surface area contributed by atoms with Crippen LogP contribution in [0.5, 0.6) is 0 Å². The molecule has 0 saturated carbocycles. The molecule has 1 atom stereocenters. The Hall–Kier alpha value is -1.81. The quantitative estimate of drug-likeness (QED) is 0.851. The molecule has 1 aromatic heterocycles. The number of carbonyl (C=O) groups is 1. The van der Waals surface area contributed by atoms with E-state index in [4.69, 9.17) is 11.6 Å². The number of hydrogen-bond donors (Lipinski definition) is 0. The number of halogens is 1. The van der Waals surface area contributed by atoms with Gasteiger partial charge in [-0.3, -0.25) is 9.48 Å². The molecular weight excluding hydrogens is 298 g/mol. The Morgan fingerprint density at radius 2 is 2.05 bits per heavy atom. The number of nitrogens with zero attached hydrogens (tertiary/aromatic N) is 3. The highest BCUT2D eigenvalue weighted by Gasteiger charge is 2.27. The van der Waals surface area contributed by atoms with Crippen molar-refractivity contribution in [3.05, 3.63) is 52.3 Å². The van der Waals surface area contributed by atoms with E-state index < -0.39 is 0 Å². The summed E-state index contributed by atoms with van der Waals surface area (Å²) < 4.78 is 1.70. The Bertz CT molecular complexity index is 678. The highest BCUT2D eigenvalue weighted by Crippen LogP contribution is 2.28. The monoisotopic (exact) mass is 317 g/mol. The molecule has 0 aliphatic carbocycles. The maximum Gasteiger partial charge on any atom is 0.257 e. The van der Waals surface area contributed by atoms with Crippen molar-refractivity contribution in [1.29, 1.82) is 0 Å². The van der Waals surface area contributed by atoms with Crippen LogP contribution in [0, 0.1) is 6.92 Å². The molecule has 0 N–H and O–H groups in total. The van der Waals surface area contributed by atoms with Gasteiger partial charge in [0.25, 0.3) is 5.91 Å². The molecule has 22 heavy (non-hydrogen) atoms. The van der Waals surface area contributed by atoms with Crippen LogP contribution < -0.4 is 0 Å². The van der Waals surface area contributed by atoms with E-state index in [1.54, 1.807) is 4.68 Å². The third-order valence-corrected chi connectivity index (χ3v) is 4.55. The van der Waals surface area contributed by atoms with Gasteiger partial charge in [-0.25, -0.2) is 0 Å². The van der Waals surface area contributed by atoms with Crippen molar-refractivity contribution >= 4 is 17.5 Å². The van der Waals surface area contributed by atoms with Gasteiger partial charge in [-0.2, -0.15) is 5.10 Å². The highest BCUT2D eigenvalue weighted by atomic mass is 35.5. The molecule has 1 aliphatic rings. The van der Waals surface area contributed by atoms with Gasteiger partial charge in [0.1, 0.15) is 0 Å². The zero-order valence-electron chi connectivity index (χ0n) is 12.9. The van der Waals surface area contributed by atoms with Crippen molar-refractivity contribution in [2.75, 3.05) is 13.1 Å². The van der Waals surface area contributed by atoms with Gasteiger partial charge in [0.15, 0.2) is 0 Å². The third kappa shape index (κ3) is 3.02. The average molecular weight is 318 g/mol. The van der Waals surface area contributed by atoms with Crippen LogP contribution in [0.3, 0.4) is 0 Å². The van der Waals surface area contributed by atoms with Crippen LogP contribution in [0.1, 0.15) is 40.4 Å². The summed E-state index contributed by atoms with van der Waals surface area (Å²) >= 11 is 5.96. The van der Waals surface area contributed by atoms with Crippen LogP contribution in [-0.4, -0.2) is 33.7 Å². The molecular formula is C17H20ClN3O. The Morgan fingerprint density at radius 1 is 1.32 bits per heavy atom. The Labute approximate surface area is 135 Å². The van der Waals surface area contributed by atoms with Crippen LogP contribution in [-0.2, 0) is 7.05 Å². The molecule has 2 heterocycles. The van der Waals surface area contributed by atoms with Gasteiger partial charge in [0.05, 0.1) is 11.3 Å². The minimum absolute atomic E-state index is 0.0873. The summed E-state index contributed by atoms with van der Waals surface area (Å²) in [6.45, 7) is 3.46. The van der Waals surface area contributed by atoms with Crippen molar-refractivity contribution in [2.24, 2.45) is 7.05 Å². The second kappa shape index (κ2) is 6.13. The number of amides is 1. The topological polar surface area (TPSA) is 38.1 Å². The van der Waals surface area contributed by atoms with Gasteiger partial charge >= 0.3 is 0 Å². The summed E-state index contributed by atoms with van der Waals surface area (Å²) in [5.74, 6) is 0.469. The van der Waals surface area contributed by atoms with Gasteiger partial charge in [-0.05, 0) is 37.5 Å². The van der Waals surface area contributed by atoms with Crippen LogP contribution in [0.2, 0.25) is 5.02 Å². The summed E-state index contributed by atoms with van der Waals surface area (Å²) in [6.07, 6.45) is 3.94. The van der Waals surface area contributed by atoms with Crippen LogP contribution in [0.15, 0.2) is 30.5 Å². The van der Waals surface area contributed by atoms with E-state index in [-0.39, 0.29) is 5.91 Å². The molecule has 4 nitrogen and oxygen atoms in total. The standard InChI is InChI=1S/C17H20ClN3O/c1-12-16(11-20(2)19-12)17(22)21-9-3-4-14(10-21)13-5-7-15(18)8-6-13/h5-8,11,14H,3-4,9-10H2,1-2H3/t14-/m1/s1. The largest absolute Gasteiger partial charge is 0.338 e. The molecule has 1 amide bonds. The number of aryl methyl sites for hydroxylation is 2. The van der Waals surface area contributed by atoms with Gasteiger partial charge in [0, 0.05) is 37.3 Å². The average Bonchev–Trinajstić information content (AvgIpc) is 2.86. The van der Waals surface area contributed by atoms with E-state index in [1.807, 2.05) is 37.2 Å². The maximum atomic E-state index is 12.7. The number of likely N-dealkylation sites (tertiary alicyclic amines) is 1. The maximum absolute atomic E-state index is 12.7. The summed E-state index contributed by atoms with van der Waals surface area (Å²) in [7, 11) is 1.84. The number of benzene rings is 1. The van der Waals surface area contributed by atoms with Crippen LogP contribution >= 0.6 is 11.6 Å². The second-order valence-corrected chi connectivity index (χ2v) is 6.38. The number of piperidine rings is 1. The predicted molar refractivity (Wildman–Crippen MR) is 87.3 cm³/mol. The molecule has 1 saturated heterocycles. The van der Waals surface area contributed by atoms with E-state index in [9.17, 15) is 4.79 Å². The molecule has 2 aromatic rings. The molecule has 1 aliphatic heterocycles. The van der Waals surface area contributed by atoms with Crippen LogP contribution in [0.4, 0.5) is 0 Å². The normalized spacial score (nSPS) is 18.5. The smallest absolute Gasteiger partial charge is 0.257 e. The lowest BCUT2D eigenvalue weighted by Crippen LogP contribution is -2.39. The number of carbonyl (C=O) groups excluding carboxylic acids is 1. The minimum atomic E-state index is 0.0873. The summed E-state index contributed by atoms with van der Waals surface area (Å²) in [5, 5.41) is 5.02. The Morgan fingerprint density at radius 3 is 2.68 bits per heavy atom. The van der Waals surface area contributed by atoms with E-state index in [0.29, 0.717) is 11.5 Å². The first-order valence-electron chi connectivity index (χ1n) is 7.59. The molecule has 0 spiro atoms. The van der Waals surface area contributed by atoms with E-state index >= 15 is 0 Å². The van der Waals surface area contributed by atoms with E-state index in [2.05, 4.69) is 17.2 Å². The van der Waals surface area contributed by atoms with Gasteiger partial charge in [-0.15, -0.1) is 0 Å². The fraction of sp³-hybridized carbons (Fsp3) is 0.412. The van der Waals surface area contributed by atoms with Crippen LogP contribution in [0.25, 0.3) is 0 Å². The summed E-state index contributed by atoms with van der Waals surface area (Å²) in [5.41, 5.74) is 2.75. The SMILES string of the molecule is Cc1nn(C)cc1C(=O)N1CCC[C@@H](c2ccc(Cl)cc2)C1. The highest BCUT2D eigenvalue weighted by molar-refractivity contribution is 6.30. The first-order valence-corrected chi connectivity index (χ1v) is 7.97. The molecule has 3 rings (SSSR count). The lowest BCUT2D eigenvalue weighted by molar-refractivity contribution is 0.0706. The third-order valence-electron chi connectivity index (χ3n) is 4.29. The van der Waals surface area contributed by atoms with Crippen molar-refractivity contribution < 1.29 is 4.79 Å². The molecule has 116 valence electrons. The van der Waals surface area contributed by atoms with E-state index in [0.717, 1.165) is 36.6 Å². The van der Waals surface area contributed by atoms with Crippen molar-refractivity contribution in [1.82, 2.24) is 14.7 Å². The van der Waals surface area contributed by atoms with E-state index in [1.165, 1.54) is 5.56 Å². The molecule has 5 heteroatoms. The molecule has 0 unspecified atom stereocenters. The molecule has 1 aromatic carbocycles. The number of aromatic nitrogens is 2. The zero-order valence-corrected chi connectivity index (χ0v) is 13.7. The molecule has 0 bridgehead atoms. The zero-order chi connectivity index (χ0) is 15.7. The lowest BCUT2D eigenvalue weighted by Gasteiger charge is -2.33. The van der Waals surface area contributed by atoms with Gasteiger partial charge in [0.2, 0.25) is 0 Å². The summed E-state index contributed by atoms with van der Waals surface area (Å²) in [4.78, 5) is 14.7. The molecule has 0 radical (unpaired) electrons. The predicted octanol–water partition coefficient (Wildman–Crippen LogP) is 3.40. The first-order chi connectivity index (χ1) is 10.5. The number of hydrogen-bond acceptors (Lipinski definition) is 2. The molecule has 1 fully saturated rings. The Kier molecular flexibility index (Phi) is 4.21. The second-order valence-electron chi connectivity index (χ2n) is 5.94.